The van der Waals surface area contributed by atoms with Crippen LogP contribution < -0.4 is 5.32 Å². The van der Waals surface area contributed by atoms with Crippen molar-refractivity contribution in [2.24, 2.45) is 5.92 Å². The summed E-state index contributed by atoms with van der Waals surface area (Å²) in [4.78, 5) is 0. The predicted octanol–water partition coefficient (Wildman–Crippen LogP) is 2.51. The molecule has 0 spiro atoms. The van der Waals surface area contributed by atoms with Gasteiger partial charge in [0.1, 0.15) is 0 Å². The van der Waals surface area contributed by atoms with Crippen molar-refractivity contribution in [3.8, 4) is 0 Å². The monoisotopic (exact) mass is 247 g/mol. The molecule has 66 valence electrons. The van der Waals surface area contributed by atoms with Crippen LogP contribution in [0.5, 0.6) is 0 Å². The van der Waals surface area contributed by atoms with E-state index in [-0.39, 0.29) is 0 Å². The van der Waals surface area contributed by atoms with Crippen LogP contribution in [-0.2, 0) is 0 Å². The van der Waals surface area contributed by atoms with Crippen LogP contribution in [0.1, 0.15) is 19.8 Å². The summed E-state index contributed by atoms with van der Waals surface area (Å²) in [7, 11) is 0. The Morgan fingerprint density at radius 2 is 2.25 bits per heavy atom. The summed E-state index contributed by atoms with van der Waals surface area (Å²) in [5.74, 6) is 0.874. The molecule has 0 bridgehead atoms. The molecule has 0 radical (unpaired) electrons. The van der Waals surface area contributed by atoms with Crippen molar-refractivity contribution in [1.29, 1.82) is 0 Å². The van der Waals surface area contributed by atoms with Crippen LogP contribution in [0.4, 0.5) is 5.13 Å². The molecule has 0 unspecified atom stereocenters. The summed E-state index contributed by atoms with van der Waals surface area (Å²) >= 11 is 4.83. The number of nitrogens with zero attached hydrogens (tertiary/aromatic N) is 2. The van der Waals surface area contributed by atoms with Gasteiger partial charge in [0.15, 0.2) is 3.92 Å². The maximum absolute atomic E-state index is 3.97. The van der Waals surface area contributed by atoms with Gasteiger partial charge in [-0.15, -0.1) is 10.2 Å². The largest absolute Gasteiger partial charge is 0.357 e. The molecule has 1 aromatic heterocycles. The quantitative estimate of drug-likeness (QED) is 0.873. The molecule has 1 aromatic rings. The summed E-state index contributed by atoms with van der Waals surface area (Å²) in [6, 6.07) is 0.625. The fraction of sp³-hybridized carbons (Fsp3) is 0.714. The van der Waals surface area contributed by atoms with Crippen molar-refractivity contribution in [1.82, 2.24) is 10.2 Å². The van der Waals surface area contributed by atoms with Crippen molar-refractivity contribution < 1.29 is 0 Å². The van der Waals surface area contributed by atoms with Gasteiger partial charge in [0, 0.05) is 6.04 Å². The zero-order valence-electron chi connectivity index (χ0n) is 6.75. The maximum atomic E-state index is 3.97. The van der Waals surface area contributed by atoms with Gasteiger partial charge in [-0.3, -0.25) is 0 Å². The minimum Gasteiger partial charge on any atom is -0.357 e. The van der Waals surface area contributed by atoms with Gasteiger partial charge in [-0.2, -0.15) is 0 Å². The number of nitrogens with one attached hydrogen (secondary N) is 1. The molecule has 0 atom stereocenters. The average molecular weight is 248 g/mol. The first-order chi connectivity index (χ1) is 5.74. The second-order valence-corrected chi connectivity index (χ2v) is 5.53. The molecule has 12 heavy (non-hydrogen) atoms. The Morgan fingerprint density at radius 1 is 1.50 bits per heavy atom. The zero-order chi connectivity index (χ0) is 8.55. The summed E-state index contributed by atoms with van der Waals surface area (Å²) < 4.78 is 0.845. The summed E-state index contributed by atoms with van der Waals surface area (Å²) in [5, 5.41) is 12.1. The van der Waals surface area contributed by atoms with Gasteiger partial charge in [0.2, 0.25) is 5.13 Å². The molecule has 1 aliphatic carbocycles. The second kappa shape index (κ2) is 3.30. The van der Waals surface area contributed by atoms with Crippen molar-refractivity contribution >= 4 is 32.4 Å². The molecule has 0 aromatic carbocycles. The molecule has 1 fully saturated rings. The number of aromatic nitrogens is 2. The molecule has 1 saturated carbocycles. The van der Waals surface area contributed by atoms with Gasteiger partial charge in [-0.05, 0) is 34.7 Å². The maximum Gasteiger partial charge on any atom is 0.206 e. The third-order valence-electron chi connectivity index (χ3n) is 2.10. The second-order valence-electron chi connectivity index (χ2n) is 3.28. The summed E-state index contributed by atoms with van der Waals surface area (Å²) in [5.41, 5.74) is 0. The van der Waals surface area contributed by atoms with E-state index >= 15 is 0 Å². The lowest BCUT2D eigenvalue weighted by Crippen LogP contribution is -2.33. The fourth-order valence-electron chi connectivity index (χ4n) is 1.46. The SMILES string of the molecule is CC1CC(Nc2nnc(Br)s2)C1. The highest BCUT2D eigenvalue weighted by Gasteiger charge is 2.25. The number of hydrogen-bond acceptors (Lipinski definition) is 4. The van der Waals surface area contributed by atoms with Gasteiger partial charge < -0.3 is 5.32 Å². The third kappa shape index (κ3) is 1.77. The van der Waals surface area contributed by atoms with Crippen molar-refractivity contribution in [2.75, 3.05) is 5.32 Å². The van der Waals surface area contributed by atoms with Crippen molar-refractivity contribution in [3.63, 3.8) is 0 Å². The lowest BCUT2D eigenvalue weighted by atomic mass is 9.82. The van der Waals surface area contributed by atoms with Crippen molar-refractivity contribution in [3.05, 3.63) is 3.92 Å². The van der Waals surface area contributed by atoms with E-state index in [4.69, 9.17) is 0 Å². The van der Waals surface area contributed by atoms with Gasteiger partial charge in [-0.1, -0.05) is 18.3 Å². The van der Waals surface area contributed by atoms with Gasteiger partial charge in [0.25, 0.3) is 0 Å². The third-order valence-corrected chi connectivity index (χ3v) is 3.39. The van der Waals surface area contributed by atoms with E-state index in [0.717, 1.165) is 15.0 Å². The standard InChI is InChI=1S/C7H10BrN3S/c1-4-2-5(3-4)9-7-11-10-6(8)12-7/h4-5H,2-3H2,1H3,(H,9,11). The van der Waals surface area contributed by atoms with E-state index in [9.17, 15) is 0 Å². The van der Waals surface area contributed by atoms with Crippen LogP contribution in [0.15, 0.2) is 3.92 Å². The summed E-state index contributed by atoms with van der Waals surface area (Å²) in [6.07, 6.45) is 2.52. The minimum atomic E-state index is 0.625. The van der Waals surface area contributed by atoms with Gasteiger partial charge in [-0.25, -0.2) is 0 Å². The van der Waals surface area contributed by atoms with Gasteiger partial charge >= 0.3 is 0 Å². The zero-order valence-corrected chi connectivity index (χ0v) is 9.15. The molecule has 0 saturated heterocycles. The molecule has 0 amide bonds. The Hall–Kier alpha value is -0.160. The average Bonchev–Trinajstić information content (AvgIpc) is 2.33. The highest BCUT2D eigenvalue weighted by Crippen LogP contribution is 2.30. The number of hydrogen-bond donors (Lipinski definition) is 1. The van der Waals surface area contributed by atoms with E-state index in [1.807, 2.05) is 0 Å². The number of halogens is 1. The first-order valence-electron chi connectivity index (χ1n) is 3.99. The molecule has 2 rings (SSSR count). The Balaban J connectivity index is 1.88. The lowest BCUT2D eigenvalue weighted by Gasteiger charge is -2.32. The first-order valence-corrected chi connectivity index (χ1v) is 5.60. The molecule has 1 N–H and O–H groups in total. The van der Waals surface area contributed by atoms with E-state index in [1.54, 1.807) is 11.3 Å². The Kier molecular flexibility index (Phi) is 2.32. The number of anilines is 1. The van der Waals surface area contributed by atoms with E-state index in [0.29, 0.717) is 6.04 Å². The highest BCUT2D eigenvalue weighted by molar-refractivity contribution is 9.11. The van der Waals surface area contributed by atoms with E-state index in [2.05, 4.69) is 38.4 Å². The van der Waals surface area contributed by atoms with Gasteiger partial charge in [0.05, 0.1) is 0 Å². The Labute approximate surface area is 83.7 Å². The Bertz CT molecular complexity index is 269. The Morgan fingerprint density at radius 3 is 2.75 bits per heavy atom. The normalized spacial score (nSPS) is 28.2. The predicted molar refractivity (Wildman–Crippen MR) is 53.4 cm³/mol. The van der Waals surface area contributed by atoms with Crippen LogP contribution >= 0.6 is 27.3 Å². The van der Waals surface area contributed by atoms with Crippen LogP contribution in [0.3, 0.4) is 0 Å². The van der Waals surface area contributed by atoms with E-state index in [1.165, 1.54) is 12.8 Å². The topological polar surface area (TPSA) is 37.8 Å². The fourth-order valence-corrected chi connectivity index (χ4v) is 2.55. The van der Waals surface area contributed by atoms with Crippen LogP contribution in [-0.4, -0.2) is 16.2 Å². The molecule has 1 heterocycles. The van der Waals surface area contributed by atoms with Crippen LogP contribution in [0.2, 0.25) is 0 Å². The molecule has 1 aliphatic rings. The molecule has 5 heteroatoms. The van der Waals surface area contributed by atoms with E-state index < -0.39 is 0 Å². The first kappa shape index (κ1) is 8.44. The van der Waals surface area contributed by atoms with Crippen LogP contribution in [0.25, 0.3) is 0 Å². The number of rotatable bonds is 2. The smallest absolute Gasteiger partial charge is 0.206 e. The molecular weight excluding hydrogens is 238 g/mol. The molecule has 0 aliphatic heterocycles. The molecule has 3 nitrogen and oxygen atoms in total. The molecular formula is C7H10BrN3S. The van der Waals surface area contributed by atoms with Crippen LogP contribution in [0, 0.1) is 5.92 Å². The van der Waals surface area contributed by atoms with Crippen molar-refractivity contribution in [2.45, 2.75) is 25.8 Å². The summed E-state index contributed by atoms with van der Waals surface area (Å²) in [6.45, 7) is 2.27. The highest BCUT2D eigenvalue weighted by atomic mass is 79.9. The minimum absolute atomic E-state index is 0.625. The lowest BCUT2D eigenvalue weighted by molar-refractivity contribution is 0.309.